The van der Waals surface area contributed by atoms with Crippen LogP contribution in [0.2, 0.25) is 0 Å². The molecule has 1 atom stereocenters. The zero-order chi connectivity index (χ0) is 20.6. The number of ether oxygens (including phenoxy) is 1. The van der Waals surface area contributed by atoms with Crippen LogP contribution in [0, 0.1) is 0 Å². The fraction of sp³-hybridized carbons (Fsp3) is 0.250. The Morgan fingerprint density at radius 3 is 2.53 bits per heavy atom. The SMILES string of the molecule is O=C(/C=C/c1cnn(-c2ccccc2)c1)N[C@H](C[NH+]1CCOCC1)c1ccccc1. The van der Waals surface area contributed by atoms with Gasteiger partial charge in [-0.3, -0.25) is 4.79 Å². The number of nitrogens with zero attached hydrogens (tertiary/aromatic N) is 2. The molecule has 4 rings (SSSR count). The predicted octanol–water partition coefficient (Wildman–Crippen LogP) is 1.66. The first-order chi connectivity index (χ1) is 14.8. The highest BCUT2D eigenvalue weighted by atomic mass is 16.5. The van der Waals surface area contributed by atoms with Crippen LogP contribution in [-0.4, -0.2) is 48.5 Å². The molecule has 0 saturated carbocycles. The Morgan fingerprint density at radius 1 is 1.10 bits per heavy atom. The summed E-state index contributed by atoms with van der Waals surface area (Å²) in [6, 6.07) is 20.0. The van der Waals surface area contributed by atoms with Gasteiger partial charge >= 0.3 is 0 Å². The van der Waals surface area contributed by atoms with E-state index in [4.69, 9.17) is 4.74 Å². The first-order valence-electron chi connectivity index (χ1n) is 10.3. The second-order valence-electron chi connectivity index (χ2n) is 7.43. The fourth-order valence-corrected chi connectivity index (χ4v) is 3.63. The third kappa shape index (κ3) is 5.43. The van der Waals surface area contributed by atoms with E-state index in [1.165, 1.54) is 4.90 Å². The van der Waals surface area contributed by atoms with Gasteiger partial charge in [0, 0.05) is 17.8 Å². The van der Waals surface area contributed by atoms with Crippen molar-refractivity contribution >= 4 is 12.0 Å². The minimum absolute atomic E-state index is 0.0384. The van der Waals surface area contributed by atoms with E-state index < -0.39 is 0 Å². The third-order valence-corrected chi connectivity index (χ3v) is 5.26. The third-order valence-electron chi connectivity index (χ3n) is 5.26. The number of morpholine rings is 1. The summed E-state index contributed by atoms with van der Waals surface area (Å²) in [6.45, 7) is 4.33. The lowest BCUT2D eigenvalue weighted by atomic mass is 10.1. The van der Waals surface area contributed by atoms with Crippen molar-refractivity contribution in [3.8, 4) is 5.69 Å². The molecule has 3 aromatic rings. The monoisotopic (exact) mass is 403 g/mol. The van der Waals surface area contributed by atoms with E-state index >= 15 is 0 Å². The highest BCUT2D eigenvalue weighted by molar-refractivity contribution is 5.91. The Hall–Kier alpha value is -3.22. The number of carbonyl (C=O) groups is 1. The van der Waals surface area contributed by atoms with E-state index in [9.17, 15) is 4.79 Å². The average molecular weight is 404 g/mol. The molecule has 30 heavy (non-hydrogen) atoms. The predicted molar refractivity (Wildman–Crippen MR) is 116 cm³/mol. The van der Waals surface area contributed by atoms with Crippen molar-refractivity contribution in [1.29, 1.82) is 0 Å². The fourth-order valence-electron chi connectivity index (χ4n) is 3.63. The molecule has 6 heteroatoms. The number of rotatable bonds is 7. The van der Waals surface area contributed by atoms with Gasteiger partial charge in [0.15, 0.2) is 0 Å². The van der Waals surface area contributed by atoms with Crippen molar-refractivity contribution in [2.45, 2.75) is 6.04 Å². The topological polar surface area (TPSA) is 60.6 Å². The summed E-state index contributed by atoms with van der Waals surface area (Å²) >= 11 is 0. The second-order valence-corrected chi connectivity index (χ2v) is 7.43. The summed E-state index contributed by atoms with van der Waals surface area (Å²) in [4.78, 5) is 14.1. The Labute approximate surface area is 176 Å². The Kier molecular flexibility index (Phi) is 6.69. The van der Waals surface area contributed by atoms with Crippen molar-refractivity contribution in [1.82, 2.24) is 15.1 Å². The van der Waals surface area contributed by atoms with E-state index in [0.29, 0.717) is 0 Å². The number of carbonyl (C=O) groups excluding carboxylic acids is 1. The molecule has 154 valence electrons. The lowest BCUT2D eigenvalue weighted by molar-refractivity contribution is -0.909. The molecule has 6 nitrogen and oxygen atoms in total. The number of aromatic nitrogens is 2. The highest BCUT2D eigenvalue weighted by Gasteiger charge is 2.22. The van der Waals surface area contributed by atoms with E-state index in [-0.39, 0.29) is 11.9 Å². The van der Waals surface area contributed by atoms with Crippen LogP contribution in [0.1, 0.15) is 17.2 Å². The van der Waals surface area contributed by atoms with Gasteiger partial charge in [0.1, 0.15) is 25.7 Å². The van der Waals surface area contributed by atoms with Crippen LogP contribution in [0.25, 0.3) is 11.8 Å². The van der Waals surface area contributed by atoms with Gasteiger partial charge in [0.25, 0.3) is 0 Å². The summed E-state index contributed by atoms with van der Waals surface area (Å²) < 4.78 is 7.26. The molecule has 1 aliphatic heterocycles. The summed E-state index contributed by atoms with van der Waals surface area (Å²) in [5.74, 6) is -0.107. The summed E-state index contributed by atoms with van der Waals surface area (Å²) in [5, 5.41) is 7.54. The molecule has 1 amide bonds. The minimum Gasteiger partial charge on any atom is -0.370 e. The van der Waals surface area contributed by atoms with E-state index in [2.05, 4.69) is 22.5 Å². The molecule has 2 N–H and O–H groups in total. The van der Waals surface area contributed by atoms with Crippen molar-refractivity contribution in [3.63, 3.8) is 0 Å². The van der Waals surface area contributed by atoms with Gasteiger partial charge in [-0.05, 0) is 23.8 Å². The molecule has 2 aromatic carbocycles. The van der Waals surface area contributed by atoms with Crippen LogP contribution in [0.4, 0.5) is 0 Å². The van der Waals surface area contributed by atoms with Gasteiger partial charge in [-0.25, -0.2) is 4.68 Å². The number of hydrogen-bond acceptors (Lipinski definition) is 3. The number of para-hydroxylation sites is 1. The molecule has 1 aliphatic rings. The molecule has 0 radical (unpaired) electrons. The van der Waals surface area contributed by atoms with Crippen LogP contribution < -0.4 is 10.2 Å². The van der Waals surface area contributed by atoms with Gasteiger partial charge in [-0.2, -0.15) is 5.10 Å². The molecule has 0 unspecified atom stereocenters. The number of nitrogens with one attached hydrogen (secondary N) is 2. The van der Waals surface area contributed by atoms with Crippen molar-refractivity contribution in [2.75, 3.05) is 32.8 Å². The minimum atomic E-state index is -0.107. The first-order valence-corrected chi connectivity index (χ1v) is 10.3. The van der Waals surface area contributed by atoms with Crippen LogP contribution in [-0.2, 0) is 9.53 Å². The second kappa shape index (κ2) is 10.0. The molecule has 0 bridgehead atoms. The molecule has 0 spiro atoms. The van der Waals surface area contributed by atoms with E-state index in [1.54, 1.807) is 23.0 Å². The average Bonchev–Trinajstić information content (AvgIpc) is 3.28. The standard InChI is InChI=1S/C24H26N4O2/c29-24(12-11-20-17-25-28(18-20)22-9-5-2-6-10-22)26-23(21-7-3-1-4-8-21)19-27-13-15-30-16-14-27/h1-12,17-18,23H,13-16,19H2,(H,26,29)/p+1/b12-11+/t23-/m1/s1. The Morgan fingerprint density at radius 2 is 1.80 bits per heavy atom. The van der Waals surface area contributed by atoms with Crippen LogP contribution in [0.3, 0.4) is 0 Å². The smallest absolute Gasteiger partial charge is 0.244 e. The Balaban J connectivity index is 1.41. The zero-order valence-corrected chi connectivity index (χ0v) is 16.9. The molecule has 1 aromatic heterocycles. The Bertz CT molecular complexity index is 963. The van der Waals surface area contributed by atoms with Gasteiger partial charge in [0.05, 0.1) is 25.1 Å². The molecular formula is C24H27N4O2+. The van der Waals surface area contributed by atoms with Crippen LogP contribution in [0.5, 0.6) is 0 Å². The van der Waals surface area contributed by atoms with Gasteiger partial charge < -0.3 is 15.0 Å². The maximum atomic E-state index is 12.7. The largest absolute Gasteiger partial charge is 0.370 e. The normalized spacial score (nSPS) is 15.9. The molecule has 0 aliphatic carbocycles. The summed E-state index contributed by atoms with van der Waals surface area (Å²) in [6.07, 6.45) is 7.04. The van der Waals surface area contributed by atoms with Gasteiger partial charge in [-0.15, -0.1) is 0 Å². The van der Waals surface area contributed by atoms with Crippen molar-refractivity contribution < 1.29 is 14.4 Å². The van der Waals surface area contributed by atoms with Gasteiger partial charge in [-0.1, -0.05) is 48.5 Å². The quantitative estimate of drug-likeness (QED) is 0.590. The highest BCUT2D eigenvalue weighted by Crippen LogP contribution is 2.12. The van der Waals surface area contributed by atoms with Gasteiger partial charge in [0.2, 0.25) is 5.91 Å². The molecular weight excluding hydrogens is 376 g/mol. The number of benzene rings is 2. The zero-order valence-electron chi connectivity index (χ0n) is 16.9. The molecule has 1 fully saturated rings. The maximum absolute atomic E-state index is 12.7. The molecule has 1 saturated heterocycles. The lowest BCUT2D eigenvalue weighted by Crippen LogP contribution is -3.14. The first kappa shape index (κ1) is 20.1. The number of hydrogen-bond donors (Lipinski definition) is 2. The van der Waals surface area contributed by atoms with E-state index in [1.807, 2.05) is 54.7 Å². The number of amides is 1. The summed E-state index contributed by atoms with van der Waals surface area (Å²) in [7, 11) is 0. The molecule has 2 heterocycles. The van der Waals surface area contributed by atoms with E-state index in [0.717, 1.165) is 49.7 Å². The maximum Gasteiger partial charge on any atom is 0.244 e. The van der Waals surface area contributed by atoms with Crippen LogP contribution >= 0.6 is 0 Å². The van der Waals surface area contributed by atoms with Crippen molar-refractivity contribution in [3.05, 3.63) is 90.3 Å². The van der Waals surface area contributed by atoms with Crippen LogP contribution in [0.15, 0.2) is 79.1 Å². The number of quaternary nitrogens is 1. The summed E-state index contributed by atoms with van der Waals surface area (Å²) in [5.41, 5.74) is 2.98. The van der Waals surface area contributed by atoms with Crippen molar-refractivity contribution in [2.24, 2.45) is 0 Å². The lowest BCUT2D eigenvalue weighted by Gasteiger charge is -2.28.